The lowest BCUT2D eigenvalue weighted by Gasteiger charge is -2.51. The first-order valence-electron chi connectivity index (χ1n) is 12.0. The first-order chi connectivity index (χ1) is 17.0. The van der Waals surface area contributed by atoms with Gasteiger partial charge in [-0.15, -0.1) is 0 Å². The SMILES string of the molecule is CN(C)[C@@H]1C(O)=C(C(N)=O)C(=N)[C@@]2(O)C(O)=C3C(=O)c4c(cc(CNC(C)(C)C)c(F)c4O)C[C@H]3C[C@@H]12. The van der Waals surface area contributed by atoms with Gasteiger partial charge in [0.05, 0.1) is 17.3 Å². The second-order valence-corrected chi connectivity index (χ2v) is 11.3. The van der Waals surface area contributed by atoms with Crippen molar-refractivity contribution in [3.63, 3.8) is 0 Å². The smallest absolute Gasteiger partial charge is 0.254 e. The number of aromatic hydroxyl groups is 1. The van der Waals surface area contributed by atoms with Crippen molar-refractivity contribution in [2.75, 3.05) is 14.1 Å². The number of fused-ring (bicyclic) bond motifs is 3. The van der Waals surface area contributed by atoms with E-state index in [0.29, 0.717) is 5.56 Å². The van der Waals surface area contributed by atoms with Gasteiger partial charge >= 0.3 is 0 Å². The summed E-state index contributed by atoms with van der Waals surface area (Å²) in [5.41, 5.74) is 1.11. The number of carbonyl (C=O) groups is 2. The van der Waals surface area contributed by atoms with Crippen LogP contribution >= 0.6 is 0 Å². The van der Waals surface area contributed by atoms with Crippen LogP contribution in [0.1, 0.15) is 48.7 Å². The second kappa shape index (κ2) is 8.64. The number of nitrogens with two attached hydrogens (primary N) is 1. The maximum Gasteiger partial charge on any atom is 0.254 e. The van der Waals surface area contributed by atoms with E-state index in [1.807, 2.05) is 20.8 Å². The van der Waals surface area contributed by atoms with E-state index in [4.69, 9.17) is 11.1 Å². The van der Waals surface area contributed by atoms with Crippen LogP contribution < -0.4 is 11.1 Å². The zero-order chi connectivity index (χ0) is 27.8. The zero-order valence-electron chi connectivity index (χ0n) is 21.4. The molecule has 0 heterocycles. The number of hydrogen-bond acceptors (Lipinski definition) is 9. The summed E-state index contributed by atoms with van der Waals surface area (Å²) >= 11 is 0. The highest BCUT2D eigenvalue weighted by atomic mass is 19.1. The molecule has 0 fully saturated rings. The van der Waals surface area contributed by atoms with E-state index in [-0.39, 0.29) is 41.6 Å². The highest BCUT2D eigenvalue weighted by molar-refractivity contribution is 6.26. The topological polar surface area (TPSA) is 180 Å². The lowest BCUT2D eigenvalue weighted by molar-refractivity contribution is -0.114. The number of likely N-dealkylation sites (N-methyl/N-ethyl adjacent to an activating group) is 1. The van der Waals surface area contributed by atoms with E-state index in [9.17, 15) is 30.0 Å². The molecule has 0 saturated heterocycles. The van der Waals surface area contributed by atoms with Gasteiger partial charge in [-0.3, -0.25) is 14.5 Å². The van der Waals surface area contributed by atoms with Crippen LogP contribution in [0.3, 0.4) is 0 Å². The predicted molar refractivity (Wildman–Crippen MR) is 133 cm³/mol. The number of phenols is 1. The molecule has 0 spiro atoms. The average molecular weight is 517 g/mol. The Labute approximate surface area is 213 Å². The number of hydrogen-bond donors (Lipinski definition) is 7. The van der Waals surface area contributed by atoms with Gasteiger partial charge in [0.15, 0.2) is 23.0 Å². The minimum absolute atomic E-state index is 0.0517. The number of Topliss-reactive ketones (excluding diaryl/α,β-unsaturated/α-hetero) is 1. The summed E-state index contributed by atoms with van der Waals surface area (Å²) < 4.78 is 15.1. The van der Waals surface area contributed by atoms with Crippen molar-refractivity contribution < 1.29 is 34.4 Å². The van der Waals surface area contributed by atoms with Gasteiger partial charge in [-0.1, -0.05) is 6.07 Å². The van der Waals surface area contributed by atoms with Gasteiger partial charge in [0.2, 0.25) is 0 Å². The molecule has 4 rings (SSSR count). The number of phenolic OH excluding ortho intramolecular Hbond substituents is 1. The summed E-state index contributed by atoms with van der Waals surface area (Å²) in [5, 5.41) is 56.2. The Hall–Kier alpha value is -3.28. The standard InChI is InChI=1S/C26H33FN4O6/c1-25(2,3)30-9-12-7-10-6-11-8-13-18(31(4)5)21(34)16(24(29)36)22(28)26(13,37)23(35)15(11)19(32)14(10)20(33)17(12)27/h7,11,13,18,28,30,33-35,37H,6,8-9H2,1-5H3,(H2,29,36)/t11-,13-,18-,26+/m0/s1. The van der Waals surface area contributed by atoms with Crippen LogP contribution in [-0.2, 0) is 17.8 Å². The lowest BCUT2D eigenvalue weighted by atomic mass is 9.58. The quantitative estimate of drug-likeness (QED) is 0.315. The molecule has 1 amide bonds. The van der Waals surface area contributed by atoms with E-state index >= 15 is 4.39 Å². The molecular weight excluding hydrogens is 483 g/mol. The number of aliphatic hydroxyl groups is 3. The van der Waals surface area contributed by atoms with Gasteiger partial charge in [0.25, 0.3) is 5.91 Å². The largest absolute Gasteiger partial charge is 0.510 e. The second-order valence-electron chi connectivity index (χ2n) is 11.3. The minimum atomic E-state index is -2.50. The van der Waals surface area contributed by atoms with Crippen molar-refractivity contribution in [1.82, 2.24) is 10.2 Å². The van der Waals surface area contributed by atoms with Gasteiger partial charge in [-0.05, 0) is 59.2 Å². The van der Waals surface area contributed by atoms with E-state index < -0.39 is 69.5 Å². The van der Waals surface area contributed by atoms with Crippen molar-refractivity contribution in [1.29, 1.82) is 5.41 Å². The van der Waals surface area contributed by atoms with E-state index in [0.717, 1.165) is 0 Å². The van der Waals surface area contributed by atoms with Gasteiger partial charge in [-0.2, -0.15) is 0 Å². The molecule has 0 aliphatic heterocycles. The third-order valence-corrected chi connectivity index (χ3v) is 7.59. The van der Waals surface area contributed by atoms with Crippen LogP contribution in [0.5, 0.6) is 5.75 Å². The number of aliphatic hydroxyl groups excluding tert-OH is 2. The lowest BCUT2D eigenvalue weighted by Crippen LogP contribution is -2.63. The van der Waals surface area contributed by atoms with Crippen molar-refractivity contribution >= 4 is 17.4 Å². The minimum Gasteiger partial charge on any atom is -0.510 e. The maximum atomic E-state index is 15.1. The molecule has 0 bridgehead atoms. The maximum absolute atomic E-state index is 15.1. The number of nitrogens with zero attached hydrogens (tertiary/aromatic N) is 1. The molecule has 0 aromatic heterocycles. The number of primary amides is 1. The van der Waals surface area contributed by atoms with E-state index in [2.05, 4.69) is 5.32 Å². The van der Waals surface area contributed by atoms with Crippen molar-refractivity contribution in [3.8, 4) is 5.75 Å². The van der Waals surface area contributed by atoms with Crippen LogP contribution in [-0.4, -0.2) is 74.0 Å². The van der Waals surface area contributed by atoms with Crippen LogP contribution in [0.25, 0.3) is 0 Å². The molecule has 1 aromatic carbocycles. The van der Waals surface area contributed by atoms with Crippen molar-refractivity contribution in [2.24, 2.45) is 17.6 Å². The van der Waals surface area contributed by atoms with E-state index in [1.54, 1.807) is 14.1 Å². The fourth-order valence-corrected chi connectivity index (χ4v) is 5.88. The van der Waals surface area contributed by atoms with E-state index in [1.165, 1.54) is 11.0 Å². The number of halogens is 1. The number of carbonyl (C=O) groups excluding carboxylic acids is 2. The number of allylic oxidation sites excluding steroid dienone is 1. The first kappa shape index (κ1) is 26.8. The molecule has 37 heavy (non-hydrogen) atoms. The summed E-state index contributed by atoms with van der Waals surface area (Å²) in [4.78, 5) is 27.2. The first-order valence-corrected chi connectivity index (χ1v) is 12.0. The number of ketones is 1. The van der Waals surface area contributed by atoms with Crippen LogP contribution in [0.2, 0.25) is 0 Å². The molecule has 0 radical (unpaired) electrons. The Kier molecular flexibility index (Phi) is 6.25. The molecule has 10 nitrogen and oxygen atoms in total. The summed E-state index contributed by atoms with van der Waals surface area (Å²) in [6, 6.07) is 0.528. The average Bonchev–Trinajstić information content (AvgIpc) is 2.76. The van der Waals surface area contributed by atoms with Crippen LogP contribution in [0.15, 0.2) is 28.7 Å². The summed E-state index contributed by atoms with van der Waals surface area (Å²) in [6.45, 7) is 5.84. The fourth-order valence-electron chi connectivity index (χ4n) is 5.88. The Morgan fingerprint density at radius 1 is 1.30 bits per heavy atom. The summed E-state index contributed by atoms with van der Waals surface area (Å²) in [5.74, 6) is -6.85. The van der Waals surface area contributed by atoms with Gasteiger partial charge in [0, 0.05) is 29.1 Å². The molecule has 3 aliphatic rings. The van der Waals surface area contributed by atoms with Gasteiger partial charge in [-0.25, -0.2) is 4.39 Å². The number of nitrogens with one attached hydrogen (secondary N) is 2. The molecule has 200 valence electrons. The monoisotopic (exact) mass is 516 g/mol. The number of rotatable bonds is 4. The number of amides is 1. The molecule has 1 aromatic rings. The summed E-state index contributed by atoms with van der Waals surface area (Å²) in [7, 11) is 3.20. The van der Waals surface area contributed by atoms with Crippen LogP contribution in [0.4, 0.5) is 4.39 Å². The molecule has 0 saturated carbocycles. The molecule has 11 heteroatoms. The Balaban J connectivity index is 1.88. The highest BCUT2D eigenvalue weighted by Crippen LogP contribution is 2.52. The van der Waals surface area contributed by atoms with Gasteiger partial charge in [0.1, 0.15) is 17.1 Å². The third-order valence-electron chi connectivity index (χ3n) is 7.59. The Morgan fingerprint density at radius 3 is 2.46 bits per heavy atom. The summed E-state index contributed by atoms with van der Waals surface area (Å²) in [6.07, 6.45) is 0.195. The molecule has 8 N–H and O–H groups in total. The van der Waals surface area contributed by atoms with Crippen LogP contribution in [0, 0.1) is 23.1 Å². The van der Waals surface area contributed by atoms with Crippen molar-refractivity contribution in [3.05, 3.63) is 51.2 Å². The fraction of sp³-hybridized carbons (Fsp3) is 0.500. The van der Waals surface area contributed by atoms with Gasteiger partial charge < -0.3 is 36.9 Å². The molecule has 4 atom stereocenters. The van der Waals surface area contributed by atoms with Crippen molar-refractivity contribution in [2.45, 2.75) is 57.3 Å². The molecule has 0 unspecified atom stereocenters. The predicted octanol–water partition coefficient (Wildman–Crippen LogP) is 1.60. The molecular formula is C26H33FN4O6. The zero-order valence-corrected chi connectivity index (χ0v) is 21.4. The Morgan fingerprint density at radius 2 is 1.92 bits per heavy atom. The third kappa shape index (κ3) is 3.92. The normalized spacial score (nSPS) is 27.8. The highest BCUT2D eigenvalue weighted by Gasteiger charge is 2.61. The Bertz CT molecular complexity index is 1290. The number of benzene rings is 1. The molecule has 3 aliphatic carbocycles.